The molecule has 0 aromatic carbocycles. The molecule has 0 atom stereocenters. The fraction of sp³-hybridized carbons (Fsp3) is 0.429. The Morgan fingerprint density at radius 3 is 2.25 bits per heavy atom. The van der Waals surface area contributed by atoms with Crippen LogP contribution < -0.4 is 9.80 Å². The summed E-state index contributed by atoms with van der Waals surface area (Å²) in [5.41, 5.74) is 2.67. The van der Waals surface area contributed by atoms with Crippen molar-refractivity contribution in [2.24, 2.45) is 0 Å². The van der Waals surface area contributed by atoms with Crippen LogP contribution >= 0.6 is 0 Å². The summed E-state index contributed by atoms with van der Waals surface area (Å²) < 4.78 is 24.2. The Hall–Kier alpha value is -3.21. The second-order valence-electron chi connectivity index (χ2n) is 8.11. The summed E-state index contributed by atoms with van der Waals surface area (Å²) >= 11 is 0. The van der Waals surface area contributed by atoms with Crippen molar-refractivity contribution in [1.29, 1.82) is 0 Å². The molecule has 3 amide bonds. The SMILES string of the molecule is Cc1cnc(N2CCN(C(=O)c3ccc(N4CCN(S(C)(=O)=O)C4=O)nc3)CC2)c(C)c1. The maximum atomic E-state index is 12.9. The van der Waals surface area contributed by atoms with Gasteiger partial charge in [-0.05, 0) is 37.1 Å². The van der Waals surface area contributed by atoms with E-state index < -0.39 is 16.1 Å². The number of amides is 3. The van der Waals surface area contributed by atoms with Crippen molar-refractivity contribution in [1.82, 2.24) is 19.2 Å². The van der Waals surface area contributed by atoms with Gasteiger partial charge in [-0.25, -0.2) is 27.5 Å². The van der Waals surface area contributed by atoms with E-state index in [4.69, 9.17) is 0 Å². The minimum absolute atomic E-state index is 0.0830. The van der Waals surface area contributed by atoms with Gasteiger partial charge in [0.15, 0.2) is 0 Å². The molecule has 0 bridgehead atoms. The Kier molecular flexibility index (Phi) is 5.76. The van der Waals surface area contributed by atoms with Gasteiger partial charge in [-0.15, -0.1) is 0 Å². The topological polar surface area (TPSA) is 107 Å². The van der Waals surface area contributed by atoms with E-state index in [1.54, 1.807) is 17.0 Å². The maximum Gasteiger partial charge on any atom is 0.339 e. The monoisotopic (exact) mass is 458 g/mol. The summed E-state index contributed by atoms with van der Waals surface area (Å²) in [5.74, 6) is 1.15. The number of sulfonamides is 1. The third-order valence-corrected chi connectivity index (χ3v) is 6.84. The normalized spacial score (nSPS) is 17.3. The van der Waals surface area contributed by atoms with Crippen molar-refractivity contribution in [2.75, 3.05) is 55.3 Å². The number of hydrogen-bond acceptors (Lipinski definition) is 7. The minimum atomic E-state index is -3.61. The largest absolute Gasteiger partial charge is 0.353 e. The average molecular weight is 459 g/mol. The van der Waals surface area contributed by atoms with Crippen LogP contribution in [0.15, 0.2) is 30.6 Å². The van der Waals surface area contributed by atoms with Crippen molar-refractivity contribution in [2.45, 2.75) is 13.8 Å². The number of anilines is 2. The highest BCUT2D eigenvalue weighted by Crippen LogP contribution is 2.22. The van der Waals surface area contributed by atoms with Crippen LogP contribution in [0, 0.1) is 13.8 Å². The lowest BCUT2D eigenvalue weighted by Gasteiger charge is -2.36. The number of urea groups is 1. The molecule has 2 aliphatic rings. The number of piperazine rings is 1. The molecule has 2 fully saturated rings. The van der Waals surface area contributed by atoms with Gasteiger partial charge in [0.2, 0.25) is 10.0 Å². The first-order valence-electron chi connectivity index (χ1n) is 10.4. The molecule has 4 rings (SSSR count). The first-order valence-corrected chi connectivity index (χ1v) is 12.2. The van der Waals surface area contributed by atoms with Crippen molar-refractivity contribution in [3.05, 3.63) is 47.3 Å². The predicted molar refractivity (Wildman–Crippen MR) is 120 cm³/mol. The van der Waals surface area contributed by atoms with Crippen LogP contribution in [0.25, 0.3) is 0 Å². The molecule has 2 saturated heterocycles. The minimum Gasteiger partial charge on any atom is -0.353 e. The summed E-state index contributed by atoms with van der Waals surface area (Å²) in [5, 5.41) is 0. The van der Waals surface area contributed by atoms with Crippen molar-refractivity contribution >= 4 is 33.6 Å². The molecule has 0 saturated carbocycles. The highest BCUT2D eigenvalue weighted by molar-refractivity contribution is 7.88. The van der Waals surface area contributed by atoms with Crippen LogP contribution in [0.1, 0.15) is 21.5 Å². The second kappa shape index (κ2) is 8.38. The Balaban J connectivity index is 1.39. The Bertz CT molecular complexity index is 1140. The van der Waals surface area contributed by atoms with E-state index >= 15 is 0 Å². The van der Waals surface area contributed by atoms with Gasteiger partial charge in [0.25, 0.3) is 5.91 Å². The zero-order valence-corrected chi connectivity index (χ0v) is 19.2. The summed E-state index contributed by atoms with van der Waals surface area (Å²) in [6.45, 7) is 6.89. The Morgan fingerprint density at radius 2 is 1.69 bits per heavy atom. The zero-order valence-electron chi connectivity index (χ0n) is 18.4. The van der Waals surface area contributed by atoms with Gasteiger partial charge >= 0.3 is 6.03 Å². The standard InChI is InChI=1S/C21H26N6O4S/c1-15-12-16(2)19(23-13-15)24-6-8-25(9-7-24)20(28)17-4-5-18(22-14-17)26-10-11-27(21(26)29)32(3,30)31/h4-5,12-14H,6-11H2,1-3H3. The molecule has 0 aliphatic carbocycles. The van der Waals surface area contributed by atoms with E-state index in [2.05, 4.69) is 20.9 Å². The van der Waals surface area contributed by atoms with Gasteiger partial charge in [0, 0.05) is 45.1 Å². The van der Waals surface area contributed by atoms with E-state index in [0.29, 0.717) is 37.6 Å². The van der Waals surface area contributed by atoms with Crippen molar-refractivity contribution in [3.63, 3.8) is 0 Å². The molecule has 2 aliphatic heterocycles. The van der Waals surface area contributed by atoms with E-state index in [0.717, 1.165) is 27.5 Å². The molecule has 170 valence electrons. The number of carbonyl (C=O) groups excluding carboxylic acids is 2. The molecule has 0 spiro atoms. The van der Waals surface area contributed by atoms with Crippen LogP contribution in [0.2, 0.25) is 0 Å². The van der Waals surface area contributed by atoms with Crippen LogP contribution in [-0.4, -0.2) is 85.1 Å². The number of hydrogen-bond donors (Lipinski definition) is 0. The number of aryl methyl sites for hydroxylation is 2. The summed E-state index contributed by atoms with van der Waals surface area (Å²) in [7, 11) is -3.61. The quantitative estimate of drug-likeness (QED) is 0.679. The van der Waals surface area contributed by atoms with Gasteiger partial charge in [-0.2, -0.15) is 0 Å². The lowest BCUT2D eigenvalue weighted by molar-refractivity contribution is 0.0746. The van der Waals surface area contributed by atoms with Crippen molar-refractivity contribution < 1.29 is 18.0 Å². The number of rotatable bonds is 4. The number of nitrogens with zero attached hydrogens (tertiary/aromatic N) is 6. The molecule has 32 heavy (non-hydrogen) atoms. The fourth-order valence-corrected chi connectivity index (χ4v) is 4.85. The van der Waals surface area contributed by atoms with Gasteiger partial charge in [0.05, 0.1) is 18.4 Å². The lowest BCUT2D eigenvalue weighted by atomic mass is 10.2. The summed E-state index contributed by atoms with van der Waals surface area (Å²) in [6.07, 6.45) is 4.29. The Labute approximate surface area is 187 Å². The van der Waals surface area contributed by atoms with Gasteiger partial charge in [-0.3, -0.25) is 9.69 Å². The molecule has 10 nitrogen and oxygen atoms in total. The molecule has 0 unspecified atom stereocenters. The predicted octanol–water partition coefficient (Wildman–Crippen LogP) is 1.26. The van der Waals surface area contributed by atoms with Crippen molar-refractivity contribution in [3.8, 4) is 0 Å². The molecule has 2 aromatic heterocycles. The van der Waals surface area contributed by atoms with Crippen LogP contribution in [-0.2, 0) is 10.0 Å². The van der Waals surface area contributed by atoms with E-state index in [1.807, 2.05) is 20.0 Å². The third-order valence-electron chi connectivity index (χ3n) is 5.70. The Morgan fingerprint density at radius 1 is 0.969 bits per heavy atom. The number of aromatic nitrogens is 2. The maximum absolute atomic E-state index is 12.9. The fourth-order valence-electron chi connectivity index (χ4n) is 4.05. The van der Waals surface area contributed by atoms with Crippen LogP contribution in [0.3, 0.4) is 0 Å². The zero-order chi connectivity index (χ0) is 23.0. The molecule has 2 aromatic rings. The molecular formula is C21H26N6O4S. The lowest BCUT2D eigenvalue weighted by Crippen LogP contribution is -2.49. The van der Waals surface area contributed by atoms with E-state index in [1.165, 1.54) is 11.1 Å². The van der Waals surface area contributed by atoms with Gasteiger partial charge in [-0.1, -0.05) is 6.07 Å². The van der Waals surface area contributed by atoms with E-state index in [9.17, 15) is 18.0 Å². The molecule has 4 heterocycles. The number of pyridine rings is 2. The van der Waals surface area contributed by atoms with E-state index in [-0.39, 0.29) is 19.0 Å². The average Bonchev–Trinajstić information content (AvgIpc) is 3.15. The first kappa shape index (κ1) is 22.0. The highest BCUT2D eigenvalue weighted by Gasteiger charge is 2.36. The second-order valence-corrected chi connectivity index (χ2v) is 10.0. The van der Waals surface area contributed by atoms with Crippen LogP contribution in [0.5, 0.6) is 0 Å². The number of carbonyl (C=O) groups is 2. The third kappa shape index (κ3) is 4.24. The molecule has 11 heteroatoms. The highest BCUT2D eigenvalue weighted by atomic mass is 32.2. The summed E-state index contributed by atoms with van der Waals surface area (Å²) in [6, 6.07) is 4.68. The molecular weight excluding hydrogens is 432 g/mol. The smallest absolute Gasteiger partial charge is 0.339 e. The first-order chi connectivity index (χ1) is 15.1. The molecule has 0 N–H and O–H groups in total. The molecule has 0 radical (unpaired) electrons. The van der Waals surface area contributed by atoms with Crippen LogP contribution in [0.4, 0.5) is 16.4 Å². The summed E-state index contributed by atoms with van der Waals surface area (Å²) in [4.78, 5) is 39.3. The van der Waals surface area contributed by atoms with Gasteiger partial charge in [0.1, 0.15) is 11.6 Å². The van der Waals surface area contributed by atoms with Gasteiger partial charge < -0.3 is 9.80 Å².